The van der Waals surface area contributed by atoms with Gasteiger partial charge >= 0.3 is 31.7 Å². The molecule has 0 amide bonds. The molecule has 1 saturated heterocycles. The predicted molar refractivity (Wildman–Crippen MR) is 135 cm³/mol. The average molecular weight is 580 g/mol. The van der Waals surface area contributed by atoms with Crippen LogP contribution in [0.3, 0.4) is 0 Å². The number of hydrogen-bond donors (Lipinski definition) is 0. The zero-order chi connectivity index (χ0) is 29.3. The van der Waals surface area contributed by atoms with E-state index in [1.165, 1.54) is 24.3 Å². The summed E-state index contributed by atoms with van der Waals surface area (Å²) in [5.41, 5.74) is 0. The van der Waals surface area contributed by atoms with Gasteiger partial charge in [-0.25, -0.2) is 4.57 Å². The van der Waals surface area contributed by atoms with E-state index in [1.807, 2.05) is 0 Å². The molecule has 2 aromatic rings. The Morgan fingerprint density at radius 1 is 0.650 bits per heavy atom. The average Bonchev–Trinajstić information content (AvgIpc) is 2.86. The maximum atomic E-state index is 13.8. The van der Waals surface area contributed by atoms with Gasteiger partial charge in [0.25, 0.3) is 0 Å². The van der Waals surface area contributed by atoms with Gasteiger partial charge < -0.3 is 32.7 Å². The van der Waals surface area contributed by atoms with E-state index in [9.17, 15) is 23.7 Å². The molecule has 216 valence electrons. The molecule has 14 heteroatoms. The summed E-state index contributed by atoms with van der Waals surface area (Å²) in [6, 6.07) is 16.1. The Labute approximate surface area is 230 Å². The van der Waals surface area contributed by atoms with Crippen molar-refractivity contribution in [3.8, 4) is 11.5 Å². The second-order valence-electron chi connectivity index (χ2n) is 8.43. The normalized spacial score (nSPS) is 22.4. The Kier molecular flexibility index (Phi) is 10.7. The zero-order valence-corrected chi connectivity index (χ0v) is 23.0. The number of esters is 4. The first kappa shape index (κ1) is 30.6. The number of carbonyl (C=O) groups is 4. The summed E-state index contributed by atoms with van der Waals surface area (Å²) >= 11 is 0. The number of phosphoric acid groups is 1. The highest BCUT2D eigenvalue weighted by Crippen LogP contribution is 2.50. The molecule has 1 aliphatic rings. The van der Waals surface area contributed by atoms with Crippen LogP contribution in [-0.4, -0.2) is 61.2 Å². The molecule has 0 bridgehead atoms. The SMILES string of the molecule is CC(=O)O[C@@H]1O[C@H](COP(=O)(Oc2ccccc2)Oc2ccccc2)[C@@H](OC(C)=O)[C@H](OC(C)=O)[C@H]1OC(C)=O. The number of benzene rings is 2. The summed E-state index contributed by atoms with van der Waals surface area (Å²) in [7, 11) is -4.44. The zero-order valence-electron chi connectivity index (χ0n) is 22.1. The molecule has 2 aromatic carbocycles. The van der Waals surface area contributed by atoms with Crippen LogP contribution in [0.25, 0.3) is 0 Å². The van der Waals surface area contributed by atoms with E-state index in [2.05, 4.69) is 0 Å². The molecule has 5 atom stereocenters. The fourth-order valence-electron chi connectivity index (χ4n) is 3.70. The Morgan fingerprint density at radius 3 is 1.52 bits per heavy atom. The smallest absolute Gasteiger partial charge is 0.456 e. The highest BCUT2D eigenvalue weighted by Gasteiger charge is 2.54. The number of phosphoric ester groups is 1. The maximum Gasteiger partial charge on any atom is 0.587 e. The second-order valence-corrected chi connectivity index (χ2v) is 9.94. The Bertz CT molecular complexity index is 1170. The molecule has 40 heavy (non-hydrogen) atoms. The van der Waals surface area contributed by atoms with E-state index in [0.29, 0.717) is 0 Å². The third-order valence-corrected chi connectivity index (χ3v) is 6.43. The van der Waals surface area contributed by atoms with Crippen LogP contribution in [0.4, 0.5) is 0 Å². The standard InChI is InChI=1S/C26H29O13P/c1-16(27)33-23-22(37-26(36-19(4)30)25(35-18(3)29)24(23)34-17(2)28)15-32-40(31,38-20-11-7-5-8-12-20)39-21-13-9-6-10-14-21/h5-14,22-26H,15H2,1-4H3/t22-,23-,24+,25-,26-/m1/s1. The van der Waals surface area contributed by atoms with Gasteiger partial charge in [0.05, 0.1) is 6.61 Å². The monoisotopic (exact) mass is 580 g/mol. The summed E-state index contributed by atoms with van der Waals surface area (Å²) in [5, 5.41) is 0. The van der Waals surface area contributed by atoms with Crippen LogP contribution >= 0.6 is 7.82 Å². The van der Waals surface area contributed by atoms with Gasteiger partial charge in [-0.3, -0.25) is 23.7 Å². The van der Waals surface area contributed by atoms with Gasteiger partial charge in [0.1, 0.15) is 17.6 Å². The van der Waals surface area contributed by atoms with Gasteiger partial charge in [0.15, 0.2) is 12.2 Å². The van der Waals surface area contributed by atoms with Gasteiger partial charge in [-0.15, -0.1) is 0 Å². The fraction of sp³-hybridized carbons (Fsp3) is 0.385. The van der Waals surface area contributed by atoms with E-state index in [1.54, 1.807) is 36.4 Å². The summed E-state index contributed by atoms with van der Waals surface area (Å²) in [5.74, 6) is -2.96. The van der Waals surface area contributed by atoms with Crippen molar-refractivity contribution in [3.05, 3.63) is 60.7 Å². The molecule has 3 rings (SSSR count). The van der Waals surface area contributed by atoms with Crippen molar-refractivity contribution >= 4 is 31.7 Å². The molecule has 0 N–H and O–H groups in total. The lowest BCUT2D eigenvalue weighted by molar-refractivity contribution is -0.298. The topological polar surface area (TPSA) is 159 Å². The molecule has 0 unspecified atom stereocenters. The van der Waals surface area contributed by atoms with Crippen LogP contribution in [-0.2, 0) is 52.0 Å². The van der Waals surface area contributed by atoms with Crippen LogP contribution in [0.5, 0.6) is 11.5 Å². The van der Waals surface area contributed by atoms with Crippen LogP contribution in [0.15, 0.2) is 60.7 Å². The summed E-state index contributed by atoms with van der Waals surface area (Å²) in [6.07, 6.45) is -7.47. The fourth-order valence-corrected chi connectivity index (χ4v) is 4.94. The molecule has 0 radical (unpaired) electrons. The van der Waals surface area contributed by atoms with Gasteiger partial charge in [-0.05, 0) is 24.3 Å². The minimum Gasteiger partial charge on any atom is -0.456 e. The molecule has 0 spiro atoms. The van der Waals surface area contributed by atoms with E-state index in [-0.39, 0.29) is 11.5 Å². The maximum absolute atomic E-state index is 13.8. The predicted octanol–water partition coefficient (Wildman–Crippen LogP) is 3.35. The lowest BCUT2D eigenvalue weighted by Crippen LogP contribution is -2.63. The second kappa shape index (κ2) is 13.9. The molecule has 0 aromatic heterocycles. The number of rotatable bonds is 11. The van der Waals surface area contributed by atoms with Gasteiger partial charge in [0, 0.05) is 27.7 Å². The van der Waals surface area contributed by atoms with Gasteiger partial charge in [-0.2, -0.15) is 0 Å². The Hall–Kier alpha value is -3.93. The first-order chi connectivity index (χ1) is 19.0. The third kappa shape index (κ3) is 9.08. The van der Waals surface area contributed by atoms with Crippen molar-refractivity contribution < 1.29 is 61.0 Å². The molecule has 1 heterocycles. The molecule has 0 aliphatic carbocycles. The van der Waals surface area contributed by atoms with Gasteiger partial charge in [0.2, 0.25) is 12.4 Å². The quantitative estimate of drug-likeness (QED) is 0.217. The van der Waals surface area contributed by atoms with Crippen molar-refractivity contribution in [2.75, 3.05) is 6.61 Å². The van der Waals surface area contributed by atoms with E-state index in [0.717, 1.165) is 27.7 Å². The number of hydrogen-bond acceptors (Lipinski definition) is 13. The van der Waals surface area contributed by atoms with E-state index >= 15 is 0 Å². The highest BCUT2D eigenvalue weighted by molar-refractivity contribution is 7.49. The molecule has 13 nitrogen and oxygen atoms in total. The van der Waals surface area contributed by atoms with Crippen LogP contribution in [0, 0.1) is 0 Å². The van der Waals surface area contributed by atoms with Gasteiger partial charge in [-0.1, -0.05) is 36.4 Å². The van der Waals surface area contributed by atoms with Crippen molar-refractivity contribution in [1.82, 2.24) is 0 Å². The largest absolute Gasteiger partial charge is 0.587 e. The first-order valence-corrected chi connectivity index (χ1v) is 13.5. The third-order valence-electron chi connectivity index (χ3n) is 5.10. The molecule has 1 fully saturated rings. The summed E-state index contributed by atoms with van der Waals surface area (Å²) in [6.45, 7) is 3.67. The van der Waals surface area contributed by atoms with Crippen molar-refractivity contribution in [1.29, 1.82) is 0 Å². The van der Waals surface area contributed by atoms with Crippen molar-refractivity contribution in [2.24, 2.45) is 0 Å². The Balaban J connectivity index is 1.95. The highest BCUT2D eigenvalue weighted by atomic mass is 31.2. The summed E-state index contributed by atoms with van der Waals surface area (Å²) in [4.78, 5) is 47.6. The van der Waals surface area contributed by atoms with Crippen molar-refractivity contribution in [3.63, 3.8) is 0 Å². The number of para-hydroxylation sites is 2. The van der Waals surface area contributed by atoms with Crippen molar-refractivity contribution in [2.45, 2.75) is 58.4 Å². The number of ether oxygens (including phenoxy) is 5. The van der Waals surface area contributed by atoms with Crippen LogP contribution in [0.1, 0.15) is 27.7 Å². The van der Waals surface area contributed by atoms with E-state index < -0.39 is 69.0 Å². The van der Waals surface area contributed by atoms with E-state index in [4.69, 9.17) is 37.3 Å². The molecule has 0 saturated carbocycles. The lowest BCUT2D eigenvalue weighted by Gasteiger charge is -2.43. The molecule has 1 aliphatic heterocycles. The summed E-state index contributed by atoms with van der Waals surface area (Å²) < 4.78 is 57.4. The first-order valence-electron chi connectivity index (χ1n) is 12.0. The van der Waals surface area contributed by atoms with Crippen LogP contribution in [0.2, 0.25) is 0 Å². The Morgan fingerprint density at radius 2 is 1.07 bits per heavy atom. The minimum absolute atomic E-state index is 0.161. The molecular formula is C26H29O13P. The lowest BCUT2D eigenvalue weighted by atomic mass is 9.98. The van der Waals surface area contributed by atoms with Crippen LogP contribution < -0.4 is 9.05 Å². The molecular weight excluding hydrogens is 551 g/mol. The number of carbonyl (C=O) groups excluding carboxylic acids is 4. The minimum atomic E-state index is -4.44.